The first-order valence-electron chi connectivity index (χ1n) is 8.22. The summed E-state index contributed by atoms with van der Waals surface area (Å²) in [6, 6.07) is 12.4. The highest BCUT2D eigenvalue weighted by molar-refractivity contribution is 5.80. The number of halogens is 1. The lowest BCUT2D eigenvalue weighted by molar-refractivity contribution is -0.127. The smallest absolute Gasteiger partial charge is 0.260 e. The maximum absolute atomic E-state index is 12.8. The minimum atomic E-state index is -0.545. The molecule has 0 fully saturated rings. The van der Waals surface area contributed by atoms with Crippen LogP contribution in [-0.2, 0) is 11.2 Å². The van der Waals surface area contributed by atoms with E-state index in [4.69, 9.17) is 4.74 Å². The highest BCUT2D eigenvalue weighted by Crippen LogP contribution is 2.20. The zero-order valence-corrected chi connectivity index (χ0v) is 14.4. The van der Waals surface area contributed by atoms with E-state index < -0.39 is 6.10 Å². The second kappa shape index (κ2) is 8.48. The van der Waals surface area contributed by atoms with Crippen LogP contribution >= 0.6 is 0 Å². The van der Waals surface area contributed by atoms with Gasteiger partial charge in [-0.2, -0.15) is 0 Å². The predicted molar refractivity (Wildman–Crippen MR) is 93.7 cm³/mol. The molecule has 0 bridgehead atoms. The lowest BCUT2D eigenvalue weighted by atomic mass is 10.1. The van der Waals surface area contributed by atoms with Gasteiger partial charge in [0, 0.05) is 6.54 Å². The standard InChI is InChI=1S/C20H24FNO2/c1-14-6-7-15(2)19(13-14)24-16(3)20(23)22-12-4-5-17-8-10-18(21)11-9-17/h6-11,13,16H,4-5,12H2,1-3H3,(H,22,23)/t16-/m1/s1. The Bertz CT molecular complexity index is 683. The molecule has 0 aromatic heterocycles. The van der Waals surface area contributed by atoms with Crippen LogP contribution < -0.4 is 10.1 Å². The summed E-state index contributed by atoms with van der Waals surface area (Å²) < 4.78 is 18.6. The van der Waals surface area contributed by atoms with Gasteiger partial charge in [-0.25, -0.2) is 4.39 Å². The fraction of sp³-hybridized carbons (Fsp3) is 0.350. The third-order valence-electron chi connectivity index (χ3n) is 3.87. The molecule has 0 spiro atoms. The Morgan fingerprint density at radius 3 is 2.58 bits per heavy atom. The fourth-order valence-corrected chi connectivity index (χ4v) is 2.38. The van der Waals surface area contributed by atoms with Crippen LogP contribution in [0.3, 0.4) is 0 Å². The van der Waals surface area contributed by atoms with Gasteiger partial charge in [-0.1, -0.05) is 24.3 Å². The minimum Gasteiger partial charge on any atom is -0.481 e. The van der Waals surface area contributed by atoms with Crippen LogP contribution in [0.1, 0.15) is 30.0 Å². The third-order valence-corrected chi connectivity index (χ3v) is 3.87. The molecule has 0 aliphatic rings. The Morgan fingerprint density at radius 1 is 1.17 bits per heavy atom. The summed E-state index contributed by atoms with van der Waals surface area (Å²) in [4.78, 5) is 12.1. The highest BCUT2D eigenvalue weighted by atomic mass is 19.1. The molecule has 1 amide bonds. The zero-order chi connectivity index (χ0) is 17.5. The molecule has 3 nitrogen and oxygen atoms in total. The zero-order valence-electron chi connectivity index (χ0n) is 14.4. The molecule has 0 radical (unpaired) electrons. The SMILES string of the molecule is Cc1ccc(C)c(O[C@H](C)C(=O)NCCCc2ccc(F)cc2)c1. The van der Waals surface area contributed by atoms with Crippen molar-refractivity contribution in [2.45, 2.75) is 39.7 Å². The van der Waals surface area contributed by atoms with E-state index in [0.717, 1.165) is 35.3 Å². The van der Waals surface area contributed by atoms with Crippen LogP contribution in [0, 0.1) is 19.7 Å². The van der Waals surface area contributed by atoms with E-state index in [9.17, 15) is 9.18 Å². The average molecular weight is 329 g/mol. The number of carbonyl (C=O) groups is 1. The number of rotatable bonds is 7. The Kier molecular flexibility index (Phi) is 6.36. The van der Waals surface area contributed by atoms with Gasteiger partial charge in [-0.05, 0) is 68.5 Å². The monoisotopic (exact) mass is 329 g/mol. The van der Waals surface area contributed by atoms with Crippen molar-refractivity contribution >= 4 is 5.91 Å². The maximum atomic E-state index is 12.8. The van der Waals surface area contributed by atoms with Gasteiger partial charge in [0.15, 0.2) is 6.10 Å². The van der Waals surface area contributed by atoms with E-state index in [1.807, 2.05) is 32.0 Å². The van der Waals surface area contributed by atoms with Crippen LogP contribution in [0.25, 0.3) is 0 Å². The molecule has 4 heteroatoms. The summed E-state index contributed by atoms with van der Waals surface area (Å²) >= 11 is 0. The summed E-state index contributed by atoms with van der Waals surface area (Å²) in [6.45, 7) is 6.27. The van der Waals surface area contributed by atoms with Crippen molar-refractivity contribution in [3.63, 3.8) is 0 Å². The van der Waals surface area contributed by atoms with Gasteiger partial charge in [-0.3, -0.25) is 4.79 Å². The van der Waals surface area contributed by atoms with Crippen LogP contribution in [0.2, 0.25) is 0 Å². The van der Waals surface area contributed by atoms with Crippen LogP contribution in [-0.4, -0.2) is 18.6 Å². The first-order chi connectivity index (χ1) is 11.5. The Balaban J connectivity index is 1.75. The topological polar surface area (TPSA) is 38.3 Å². The maximum Gasteiger partial charge on any atom is 0.260 e. The summed E-state index contributed by atoms with van der Waals surface area (Å²) in [6.07, 6.45) is 1.05. The van der Waals surface area contributed by atoms with Crippen molar-refractivity contribution in [2.75, 3.05) is 6.54 Å². The number of nitrogens with one attached hydrogen (secondary N) is 1. The van der Waals surface area contributed by atoms with Crippen molar-refractivity contribution in [2.24, 2.45) is 0 Å². The van der Waals surface area contributed by atoms with Crippen LogP contribution in [0.5, 0.6) is 5.75 Å². The molecule has 0 aliphatic carbocycles. The van der Waals surface area contributed by atoms with Crippen molar-refractivity contribution < 1.29 is 13.9 Å². The molecule has 128 valence electrons. The molecule has 0 saturated heterocycles. The highest BCUT2D eigenvalue weighted by Gasteiger charge is 2.15. The molecular formula is C20H24FNO2. The van der Waals surface area contributed by atoms with Gasteiger partial charge in [0.25, 0.3) is 5.91 Å². The van der Waals surface area contributed by atoms with E-state index in [1.54, 1.807) is 19.1 Å². The quantitative estimate of drug-likeness (QED) is 0.781. The number of carbonyl (C=O) groups excluding carboxylic acids is 1. The normalized spacial score (nSPS) is 11.8. The van der Waals surface area contributed by atoms with E-state index in [2.05, 4.69) is 5.32 Å². The van der Waals surface area contributed by atoms with Crippen LogP contribution in [0.4, 0.5) is 4.39 Å². The molecule has 0 aliphatic heterocycles. The summed E-state index contributed by atoms with van der Waals surface area (Å²) in [7, 11) is 0. The minimum absolute atomic E-state index is 0.130. The van der Waals surface area contributed by atoms with Gasteiger partial charge in [0.1, 0.15) is 11.6 Å². The second-order valence-corrected chi connectivity index (χ2v) is 6.05. The largest absolute Gasteiger partial charge is 0.481 e. The summed E-state index contributed by atoms with van der Waals surface area (Å²) in [5.74, 6) is 0.378. The lowest BCUT2D eigenvalue weighted by Crippen LogP contribution is -2.37. The first kappa shape index (κ1) is 18.0. The van der Waals surface area contributed by atoms with Crippen molar-refractivity contribution in [3.8, 4) is 5.75 Å². The lowest BCUT2D eigenvalue weighted by Gasteiger charge is -2.16. The molecule has 2 aromatic carbocycles. The number of hydrogen-bond donors (Lipinski definition) is 1. The van der Waals surface area contributed by atoms with Crippen LogP contribution in [0.15, 0.2) is 42.5 Å². The predicted octanol–water partition coefficient (Wildman–Crippen LogP) is 3.96. The Hall–Kier alpha value is -2.36. The Labute approximate surface area is 142 Å². The molecule has 0 heterocycles. The van der Waals surface area contributed by atoms with E-state index in [-0.39, 0.29) is 11.7 Å². The van der Waals surface area contributed by atoms with Crippen molar-refractivity contribution in [1.29, 1.82) is 0 Å². The number of aryl methyl sites for hydroxylation is 3. The van der Waals surface area contributed by atoms with Crippen molar-refractivity contribution in [1.82, 2.24) is 5.32 Å². The van der Waals surface area contributed by atoms with E-state index in [0.29, 0.717) is 6.54 Å². The fourth-order valence-electron chi connectivity index (χ4n) is 2.38. The van der Waals surface area contributed by atoms with Gasteiger partial charge in [0.2, 0.25) is 0 Å². The average Bonchev–Trinajstić information content (AvgIpc) is 2.56. The molecule has 1 N–H and O–H groups in total. The second-order valence-electron chi connectivity index (χ2n) is 6.05. The molecule has 0 unspecified atom stereocenters. The number of benzene rings is 2. The molecule has 0 saturated carbocycles. The Morgan fingerprint density at radius 2 is 1.88 bits per heavy atom. The van der Waals surface area contributed by atoms with Gasteiger partial charge in [-0.15, -0.1) is 0 Å². The third kappa shape index (κ3) is 5.37. The molecular weight excluding hydrogens is 305 g/mol. The molecule has 2 rings (SSSR count). The summed E-state index contributed by atoms with van der Waals surface area (Å²) in [5.41, 5.74) is 3.17. The van der Waals surface area contributed by atoms with E-state index >= 15 is 0 Å². The summed E-state index contributed by atoms with van der Waals surface area (Å²) in [5, 5.41) is 2.88. The van der Waals surface area contributed by atoms with Gasteiger partial charge < -0.3 is 10.1 Å². The molecule has 24 heavy (non-hydrogen) atoms. The molecule has 2 aromatic rings. The van der Waals surface area contributed by atoms with Gasteiger partial charge in [0.05, 0.1) is 0 Å². The van der Waals surface area contributed by atoms with E-state index in [1.165, 1.54) is 12.1 Å². The first-order valence-corrected chi connectivity index (χ1v) is 8.22. The van der Waals surface area contributed by atoms with Crippen molar-refractivity contribution in [3.05, 3.63) is 65.0 Å². The number of amides is 1. The number of ether oxygens (including phenoxy) is 1. The number of hydrogen-bond acceptors (Lipinski definition) is 2. The van der Waals surface area contributed by atoms with Gasteiger partial charge >= 0.3 is 0 Å². The molecule has 1 atom stereocenters.